The minimum atomic E-state index is -5.42. The molecular weight excluding hydrogens is 318 g/mol. The molecule has 2 atom stereocenters. The summed E-state index contributed by atoms with van der Waals surface area (Å²) >= 11 is 0. The van der Waals surface area contributed by atoms with Gasteiger partial charge >= 0.3 is 15.4 Å². The van der Waals surface area contributed by atoms with Crippen LogP contribution in [0.2, 0.25) is 0 Å². The number of methoxy groups -OCH3 is 1. The zero-order valence-corrected chi connectivity index (χ0v) is 13.3. The summed E-state index contributed by atoms with van der Waals surface area (Å²) in [5, 5.41) is -4.25. The fraction of sp³-hybridized carbons (Fsp3) is 1.00. The minimum absolute atomic E-state index is 0.123. The van der Waals surface area contributed by atoms with Crippen molar-refractivity contribution < 1.29 is 31.2 Å². The predicted molar refractivity (Wildman–Crippen MR) is 74.1 cm³/mol. The van der Waals surface area contributed by atoms with Gasteiger partial charge in [-0.25, -0.2) is 0 Å². The summed E-state index contributed by atoms with van der Waals surface area (Å²) in [6.07, 6.45) is 5.22. The van der Waals surface area contributed by atoms with Crippen molar-refractivity contribution in [3.8, 4) is 0 Å². The van der Waals surface area contributed by atoms with Gasteiger partial charge in [0.1, 0.15) is 6.61 Å². The summed E-state index contributed by atoms with van der Waals surface area (Å²) in [6.45, 7) is -1.17. The first-order valence-corrected chi connectivity index (χ1v) is 9.05. The van der Waals surface area contributed by atoms with Gasteiger partial charge in [-0.3, -0.25) is 4.55 Å². The van der Waals surface area contributed by atoms with E-state index in [1.807, 2.05) is 0 Å². The molecule has 0 aromatic carbocycles. The van der Waals surface area contributed by atoms with Crippen molar-refractivity contribution >= 4 is 10.1 Å². The number of hydrogen-bond donors (Lipinski definition) is 1. The Kier molecular flexibility index (Phi) is 4.03. The third-order valence-electron chi connectivity index (χ3n) is 5.64. The number of halogens is 2. The van der Waals surface area contributed by atoms with Crippen LogP contribution < -0.4 is 0 Å². The van der Waals surface area contributed by atoms with Gasteiger partial charge in [0.2, 0.25) is 0 Å². The molecule has 0 spiro atoms. The van der Waals surface area contributed by atoms with Gasteiger partial charge in [0.05, 0.1) is 12.7 Å². The van der Waals surface area contributed by atoms with Gasteiger partial charge in [-0.1, -0.05) is 0 Å². The molecule has 0 saturated heterocycles. The lowest BCUT2D eigenvalue weighted by Crippen LogP contribution is -2.55. The molecular formula is C14H22F2O5S. The first kappa shape index (κ1) is 16.5. The third-order valence-corrected chi connectivity index (χ3v) is 6.51. The van der Waals surface area contributed by atoms with Crippen molar-refractivity contribution in [3.05, 3.63) is 0 Å². The van der Waals surface area contributed by atoms with Gasteiger partial charge in [0.15, 0.2) is 0 Å². The van der Waals surface area contributed by atoms with Gasteiger partial charge in [0.25, 0.3) is 0 Å². The fourth-order valence-electron chi connectivity index (χ4n) is 5.17. The minimum Gasteiger partial charge on any atom is -0.381 e. The van der Waals surface area contributed by atoms with Gasteiger partial charge in [0, 0.05) is 7.11 Å². The SMILES string of the molecule is COC1C2CC3CC1CC(COCC(F)(F)S(=O)(=O)O)(C3)C2. The van der Waals surface area contributed by atoms with E-state index in [4.69, 9.17) is 14.0 Å². The maximum Gasteiger partial charge on any atom is 0.392 e. The van der Waals surface area contributed by atoms with E-state index in [-0.39, 0.29) is 18.1 Å². The molecule has 4 aliphatic rings. The van der Waals surface area contributed by atoms with Crippen LogP contribution >= 0.6 is 0 Å². The van der Waals surface area contributed by atoms with Crippen molar-refractivity contribution in [1.29, 1.82) is 0 Å². The molecule has 22 heavy (non-hydrogen) atoms. The van der Waals surface area contributed by atoms with Crippen LogP contribution in [0.25, 0.3) is 0 Å². The zero-order chi connectivity index (χ0) is 16.2. The highest BCUT2D eigenvalue weighted by molar-refractivity contribution is 7.86. The van der Waals surface area contributed by atoms with Crippen LogP contribution in [0.3, 0.4) is 0 Å². The molecule has 5 nitrogen and oxygen atoms in total. The van der Waals surface area contributed by atoms with E-state index >= 15 is 0 Å². The van der Waals surface area contributed by atoms with Crippen molar-refractivity contribution in [1.82, 2.24) is 0 Å². The average molecular weight is 340 g/mol. The molecule has 4 aliphatic carbocycles. The van der Waals surface area contributed by atoms with Crippen LogP contribution in [-0.4, -0.2) is 44.7 Å². The quantitative estimate of drug-likeness (QED) is 0.751. The topological polar surface area (TPSA) is 72.8 Å². The highest BCUT2D eigenvalue weighted by Crippen LogP contribution is 2.60. The van der Waals surface area contributed by atoms with E-state index < -0.39 is 22.0 Å². The zero-order valence-electron chi connectivity index (χ0n) is 12.5. The molecule has 0 aliphatic heterocycles. The maximum atomic E-state index is 13.2. The molecule has 0 radical (unpaired) electrons. The van der Waals surface area contributed by atoms with Crippen LogP contribution in [0.1, 0.15) is 32.1 Å². The second-order valence-electron chi connectivity index (χ2n) is 7.28. The second-order valence-corrected chi connectivity index (χ2v) is 8.82. The van der Waals surface area contributed by atoms with Crippen LogP contribution in [0, 0.1) is 23.2 Å². The van der Waals surface area contributed by atoms with Crippen molar-refractivity contribution in [3.63, 3.8) is 0 Å². The maximum absolute atomic E-state index is 13.2. The Hall–Kier alpha value is -0.310. The van der Waals surface area contributed by atoms with E-state index in [2.05, 4.69) is 0 Å². The fourth-order valence-corrected chi connectivity index (χ4v) is 5.40. The van der Waals surface area contributed by atoms with Crippen LogP contribution in [0.15, 0.2) is 0 Å². The monoisotopic (exact) mass is 340 g/mol. The molecule has 4 saturated carbocycles. The molecule has 0 amide bonds. The number of rotatable bonds is 6. The summed E-state index contributed by atoms with van der Waals surface area (Å²) in [4.78, 5) is 0. The standard InChI is InChI=1S/C14H22F2O5S/c1-20-12-10-2-9-3-11(12)6-13(4-9,5-10)7-21-8-14(15,16)22(17,18)19/h9-12H,2-8H2,1H3,(H,17,18,19). The number of hydrogen-bond acceptors (Lipinski definition) is 4. The Morgan fingerprint density at radius 1 is 1.23 bits per heavy atom. The summed E-state index contributed by atoms with van der Waals surface area (Å²) in [6, 6.07) is 0. The van der Waals surface area contributed by atoms with Crippen LogP contribution in [0.5, 0.6) is 0 Å². The molecule has 0 heterocycles. The molecule has 4 rings (SSSR count). The summed E-state index contributed by atoms with van der Waals surface area (Å²) in [5.41, 5.74) is -0.138. The Labute approximate surface area is 129 Å². The van der Waals surface area contributed by atoms with E-state index in [9.17, 15) is 17.2 Å². The summed E-state index contributed by atoms with van der Waals surface area (Å²) < 4.78 is 66.8. The molecule has 4 fully saturated rings. The highest BCUT2D eigenvalue weighted by Gasteiger charge is 2.56. The highest BCUT2D eigenvalue weighted by atomic mass is 32.2. The van der Waals surface area contributed by atoms with E-state index in [0.29, 0.717) is 17.8 Å². The van der Waals surface area contributed by atoms with Crippen molar-refractivity contribution in [2.45, 2.75) is 43.5 Å². The average Bonchev–Trinajstić information content (AvgIpc) is 2.35. The molecule has 2 unspecified atom stereocenters. The van der Waals surface area contributed by atoms with Gasteiger partial charge < -0.3 is 9.47 Å². The van der Waals surface area contributed by atoms with Crippen molar-refractivity contribution in [2.24, 2.45) is 23.2 Å². The Bertz CT molecular complexity index is 519. The van der Waals surface area contributed by atoms with Gasteiger partial charge in [-0.15, -0.1) is 0 Å². The first-order chi connectivity index (χ1) is 10.2. The summed E-state index contributed by atoms with van der Waals surface area (Å²) in [7, 11) is -3.70. The number of ether oxygens (including phenoxy) is 2. The number of alkyl halides is 2. The van der Waals surface area contributed by atoms with E-state index in [1.54, 1.807) is 7.11 Å². The smallest absolute Gasteiger partial charge is 0.381 e. The normalized spacial score (nSPS) is 41.1. The lowest BCUT2D eigenvalue weighted by Gasteiger charge is -2.59. The van der Waals surface area contributed by atoms with Crippen molar-refractivity contribution in [2.75, 3.05) is 20.3 Å². The van der Waals surface area contributed by atoms with E-state index in [0.717, 1.165) is 32.1 Å². The Morgan fingerprint density at radius 2 is 1.82 bits per heavy atom. The van der Waals surface area contributed by atoms with E-state index in [1.165, 1.54) is 0 Å². The van der Waals surface area contributed by atoms with Crippen LogP contribution in [-0.2, 0) is 19.6 Å². The molecule has 0 aromatic rings. The summed E-state index contributed by atoms with van der Waals surface area (Å²) in [5.74, 6) is 1.48. The lowest BCUT2D eigenvalue weighted by molar-refractivity contribution is -0.171. The molecule has 128 valence electrons. The molecule has 1 N–H and O–H groups in total. The molecule has 4 bridgehead atoms. The van der Waals surface area contributed by atoms with Gasteiger partial charge in [-0.2, -0.15) is 17.2 Å². The largest absolute Gasteiger partial charge is 0.392 e. The third kappa shape index (κ3) is 2.79. The second kappa shape index (κ2) is 5.36. The van der Waals surface area contributed by atoms with Crippen LogP contribution in [0.4, 0.5) is 8.78 Å². The van der Waals surface area contributed by atoms with Gasteiger partial charge in [-0.05, 0) is 55.3 Å². The first-order valence-electron chi connectivity index (χ1n) is 7.61. The molecule has 0 aromatic heterocycles. The molecule has 8 heteroatoms. The lowest BCUT2D eigenvalue weighted by atomic mass is 9.49. The Morgan fingerprint density at radius 3 is 2.32 bits per heavy atom. The predicted octanol–water partition coefficient (Wildman–Crippen LogP) is 2.32. The Balaban J connectivity index is 1.62.